The van der Waals surface area contributed by atoms with Crippen molar-refractivity contribution in [1.82, 2.24) is 5.32 Å². The molecule has 3 nitrogen and oxygen atoms in total. The molecule has 0 aromatic heterocycles. The molecule has 0 unspecified atom stereocenters. The van der Waals surface area contributed by atoms with E-state index in [0.29, 0.717) is 18.7 Å². The molecular formula is C13H20N2O. The van der Waals surface area contributed by atoms with Gasteiger partial charge in [0.25, 0.3) is 0 Å². The van der Waals surface area contributed by atoms with Crippen molar-refractivity contribution in [1.29, 1.82) is 0 Å². The van der Waals surface area contributed by atoms with Gasteiger partial charge in [-0.2, -0.15) is 0 Å². The molecule has 1 aliphatic carbocycles. The quantitative estimate of drug-likeness (QED) is 0.793. The lowest BCUT2D eigenvalue weighted by Crippen LogP contribution is -2.48. The highest BCUT2D eigenvalue weighted by molar-refractivity contribution is 5.28. The van der Waals surface area contributed by atoms with Crippen LogP contribution < -0.4 is 15.8 Å². The third-order valence-electron chi connectivity index (χ3n) is 2.98. The van der Waals surface area contributed by atoms with Crippen LogP contribution in [0.5, 0.6) is 5.75 Å². The zero-order chi connectivity index (χ0) is 11.4. The summed E-state index contributed by atoms with van der Waals surface area (Å²) in [4.78, 5) is 0. The summed E-state index contributed by atoms with van der Waals surface area (Å²) in [5.41, 5.74) is 7.01. The van der Waals surface area contributed by atoms with E-state index < -0.39 is 0 Å². The van der Waals surface area contributed by atoms with Gasteiger partial charge in [-0.1, -0.05) is 12.1 Å². The fourth-order valence-corrected chi connectivity index (χ4v) is 2.00. The second-order valence-electron chi connectivity index (χ2n) is 4.39. The Morgan fingerprint density at radius 1 is 1.44 bits per heavy atom. The van der Waals surface area contributed by atoms with Gasteiger partial charge >= 0.3 is 0 Å². The third kappa shape index (κ3) is 2.97. The number of rotatable bonds is 5. The lowest BCUT2D eigenvalue weighted by molar-refractivity contribution is 0.290. The van der Waals surface area contributed by atoms with Gasteiger partial charge in [0.05, 0.1) is 6.61 Å². The fraction of sp³-hybridized carbons (Fsp3) is 0.538. The summed E-state index contributed by atoms with van der Waals surface area (Å²) in [5, 5.41) is 3.50. The molecule has 0 radical (unpaired) electrons. The van der Waals surface area contributed by atoms with Crippen LogP contribution in [0.25, 0.3) is 0 Å². The van der Waals surface area contributed by atoms with E-state index in [-0.39, 0.29) is 0 Å². The molecule has 0 atom stereocenters. The fourth-order valence-electron chi connectivity index (χ4n) is 2.00. The molecule has 0 bridgehead atoms. The van der Waals surface area contributed by atoms with Crippen molar-refractivity contribution in [2.24, 2.45) is 5.73 Å². The van der Waals surface area contributed by atoms with Crippen LogP contribution in [0.3, 0.4) is 0 Å². The minimum Gasteiger partial charge on any atom is -0.494 e. The molecule has 2 rings (SSSR count). The van der Waals surface area contributed by atoms with Gasteiger partial charge in [-0.15, -0.1) is 0 Å². The van der Waals surface area contributed by atoms with Gasteiger partial charge in [-0.05, 0) is 37.5 Å². The van der Waals surface area contributed by atoms with Crippen LogP contribution in [0.2, 0.25) is 0 Å². The second-order valence-corrected chi connectivity index (χ2v) is 4.39. The molecule has 1 aliphatic rings. The molecule has 0 heterocycles. The van der Waals surface area contributed by atoms with Gasteiger partial charge < -0.3 is 15.8 Å². The van der Waals surface area contributed by atoms with Crippen LogP contribution >= 0.6 is 0 Å². The summed E-state index contributed by atoms with van der Waals surface area (Å²) in [6.07, 6.45) is 2.20. The van der Waals surface area contributed by atoms with Crippen molar-refractivity contribution >= 4 is 0 Å². The van der Waals surface area contributed by atoms with Crippen LogP contribution in [0.4, 0.5) is 0 Å². The van der Waals surface area contributed by atoms with Crippen molar-refractivity contribution in [2.75, 3.05) is 6.61 Å². The summed E-state index contributed by atoms with van der Waals surface area (Å²) >= 11 is 0. The van der Waals surface area contributed by atoms with Crippen molar-refractivity contribution in [3.8, 4) is 5.75 Å². The highest BCUT2D eigenvalue weighted by Gasteiger charge is 2.24. The normalized spacial score (nSPS) is 23.9. The first-order valence-electron chi connectivity index (χ1n) is 5.98. The lowest BCUT2D eigenvalue weighted by atomic mass is 9.87. The predicted molar refractivity (Wildman–Crippen MR) is 65.4 cm³/mol. The summed E-state index contributed by atoms with van der Waals surface area (Å²) < 4.78 is 5.46. The number of nitrogens with two attached hydrogens (primary N) is 1. The smallest absolute Gasteiger partial charge is 0.119 e. The lowest BCUT2D eigenvalue weighted by Gasteiger charge is -2.33. The number of benzene rings is 1. The molecular weight excluding hydrogens is 200 g/mol. The number of hydrogen-bond donors (Lipinski definition) is 2. The molecule has 1 aromatic carbocycles. The van der Waals surface area contributed by atoms with E-state index in [4.69, 9.17) is 10.5 Å². The van der Waals surface area contributed by atoms with Crippen molar-refractivity contribution in [2.45, 2.75) is 38.4 Å². The average molecular weight is 220 g/mol. The van der Waals surface area contributed by atoms with Crippen molar-refractivity contribution < 1.29 is 4.74 Å². The van der Waals surface area contributed by atoms with E-state index in [0.717, 1.165) is 25.1 Å². The molecule has 0 spiro atoms. The molecule has 3 heteroatoms. The average Bonchev–Trinajstić information content (AvgIpc) is 2.24. The molecule has 16 heavy (non-hydrogen) atoms. The first-order chi connectivity index (χ1) is 7.78. The molecule has 0 aliphatic heterocycles. The Kier molecular flexibility index (Phi) is 3.80. The molecule has 0 saturated heterocycles. The predicted octanol–water partition coefficient (Wildman–Crippen LogP) is 1.66. The molecule has 1 saturated carbocycles. The maximum Gasteiger partial charge on any atom is 0.119 e. The van der Waals surface area contributed by atoms with Gasteiger partial charge in [0.15, 0.2) is 0 Å². The van der Waals surface area contributed by atoms with Gasteiger partial charge in [0.1, 0.15) is 5.75 Å². The van der Waals surface area contributed by atoms with E-state index in [9.17, 15) is 0 Å². The Hall–Kier alpha value is -1.06. The minimum atomic E-state index is 0.409. The van der Waals surface area contributed by atoms with Crippen LogP contribution in [0, 0.1) is 0 Å². The van der Waals surface area contributed by atoms with Gasteiger partial charge in [-0.3, -0.25) is 0 Å². The van der Waals surface area contributed by atoms with E-state index >= 15 is 0 Å². The summed E-state index contributed by atoms with van der Waals surface area (Å²) in [5.74, 6) is 0.951. The summed E-state index contributed by atoms with van der Waals surface area (Å²) in [7, 11) is 0. The Labute approximate surface area is 97.0 Å². The van der Waals surface area contributed by atoms with Crippen LogP contribution in [-0.4, -0.2) is 18.7 Å². The van der Waals surface area contributed by atoms with Gasteiger partial charge in [-0.25, -0.2) is 0 Å². The number of hydrogen-bond acceptors (Lipinski definition) is 3. The third-order valence-corrected chi connectivity index (χ3v) is 2.98. The zero-order valence-corrected chi connectivity index (χ0v) is 9.78. The molecule has 1 aromatic rings. The Balaban J connectivity index is 1.81. The molecule has 3 N–H and O–H groups in total. The first kappa shape index (κ1) is 11.4. The Morgan fingerprint density at radius 3 is 2.94 bits per heavy atom. The van der Waals surface area contributed by atoms with E-state index in [1.54, 1.807) is 0 Å². The molecule has 88 valence electrons. The van der Waals surface area contributed by atoms with Crippen LogP contribution in [0.15, 0.2) is 24.3 Å². The molecule has 0 amide bonds. The minimum absolute atomic E-state index is 0.409. The monoisotopic (exact) mass is 220 g/mol. The topological polar surface area (TPSA) is 47.3 Å². The number of ether oxygens (including phenoxy) is 1. The van der Waals surface area contributed by atoms with E-state index in [2.05, 4.69) is 17.4 Å². The second kappa shape index (κ2) is 5.32. The van der Waals surface area contributed by atoms with E-state index in [1.165, 1.54) is 5.56 Å². The summed E-state index contributed by atoms with van der Waals surface area (Å²) in [6.45, 7) is 3.62. The Morgan fingerprint density at radius 2 is 2.25 bits per heavy atom. The van der Waals surface area contributed by atoms with Crippen molar-refractivity contribution in [3.63, 3.8) is 0 Å². The number of nitrogens with one attached hydrogen (secondary N) is 1. The first-order valence-corrected chi connectivity index (χ1v) is 5.98. The standard InChI is InChI=1S/C13H20N2O/c1-2-16-13-5-3-4-10(6-13)9-15-12-7-11(14)8-12/h3-6,11-12,15H,2,7-9,14H2,1H3. The SMILES string of the molecule is CCOc1cccc(CNC2CC(N)C2)c1. The van der Waals surface area contributed by atoms with Gasteiger partial charge in [0, 0.05) is 18.6 Å². The van der Waals surface area contributed by atoms with E-state index in [1.807, 2.05) is 19.1 Å². The van der Waals surface area contributed by atoms with Gasteiger partial charge in [0.2, 0.25) is 0 Å². The van der Waals surface area contributed by atoms with Crippen molar-refractivity contribution in [3.05, 3.63) is 29.8 Å². The Bertz CT molecular complexity index is 334. The highest BCUT2D eigenvalue weighted by Crippen LogP contribution is 2.19. The molecule has 1 fully saturated rings. The zero-order valence-electron chi connectivity index (χ0n) is 9.78. The largest absolute Gasteiger partial charge is 0.494 e. The maximum absolute atomic E-state index is 5.74. The maximum atomic E-state index is 5.74. The van der Waals surface area contributed by atoms with Crippen LogP contribution in [-0.2, 0) is 6.54 Å². The summed E-state index contributed by atoms with van der Waals surface area (Å²) in [6, 6.07) is 9.25. The highest BCUT2D eigenvalue weighted by atomic mass is 16.5. The van der Waals surface area contributed by atoms with Crippen LogP contribution in [0.1, 0.15) is 25.3 Å².